The van der Waals surface area contributed by atoms with Crippen molar-refractivity contribution in [3.8, 4) is 0 Å². The lowest BCUT2D eigenvalue weighted by Gasteiger charge is -2.36. The van der Waals surface area contributed by atoms with E-state index in [1.807, 2.05) is 0 Å². The van der Waals surface area contributed by atoms with E-state index in [0.717, 1.165) is 0 Å². The van der Waals surface area contributed by atoms with Gasteiger partial charge >= 0.3 is 0 Å². The summed E-state index contributed by atoms with van der Waals surface area (Å²) >= 11 is 0. The summed E-state index contributed by atoms with van der Waals surface area (Å²) in [4.78, 5) is 39.5. The van der Waals surface area contributed by atoms with E-state index in [1.165, 1.54) is 0 Å². The second-order valence-electron chi connectivity index (χ2n) is 5.02. The lowest BCUT2D eigenvalue weighted by atomic mass is 9.91. The van der Waals surface area contributed by atoms with Gasteiger partial charge in [-0.25, -0.2) is 0 Å². The number of nitrogens with two attached hydrogens (primary N) is 1. The van der Waals surface area contributed by atoms with Gasteiger partial charge in [-0.15, -0.1) is 10.1 Å². The normalized spacial score (nSPS) is 31.3. The zero-order chi connectivity index (χ0) is 14.0. The number of nitrogens with zero attached hydrogens (tertiary/aromatic N) is 2. The first-order valence-corrected chi connectivity index (χ1v) is 6.40. The molecule has 2 rings (SSSR count). The Labute approximate surface area is 110 Å². The molecule has 2 amide bonds. The second kappa shape index (κ2) is 5.41. The van der Waals surface area contributed by atoms with Gasteiger partial charge in [0.2, 0.25) is 11.8 Å². The van der Waals surface area contributed by atoms with Crippen molar-refractivity contribution in [2.75, 3.05) is 0 Å². The van der Waals surface area contributed by atoms with Crippen LogP contribution in [0.3, 0.4) is 0 Å². The number of carbonyl (C=O) groups excluding carboxylic acids is 2. The summed E-state index contributed by atoms with van der Waals surface area (Å²) in [6.45, 7) is 0. The average molecular weight is 271 g/mol. The second-order valence-corrected chi connectivity index (χ2v) is 5.02. The van der Waals surface area contributed by atoms with Crippen LogP contribution in [-0.2, 0) is 14.4 Å². The highest BCUT2D eigenvalue weighted by Gasteiger charge is 2.40. The van der Waals surface area contributed by atoms with Crippen molar-refractivity contribution < 1.29 is 19.5 Å². The first kappa shape index (κ1) is 13.6. The van der Waals surface area contributed by atoms with Gasteiger partial charge in [0.05, 0.1) is 0 Å². The number of rotatable bonds is 4. The summed E-state index contributed by atoms with van der Waals surface area (Å²) < 4.78 is 0. The Kier molecular flexibility index (Phi) is 3.87. The van der Waals surface area contributed by atoms with Crippen LogP contribution in [0.5, 0.6) is 0 Å². The maximum absolute atomic E-state index is 11.8. The molecule has 1 aliphatic carbocycles. The Bertz CT molecular complexity index is 392. The summed E-state index contributed by atoms with van der Waals surface area (Å²) in [7, 11) is 0. The van der Waals surface area contributed by atoms with Gasteiger partial charge in [-0.05, 0) is 32.1 Å². The minimum absolute atomic E-state index is 0.0533. The number of amides is 2. The van der Waals surface area contributed by atoms with Crippen LogP contribution in [0, 0.1) is 10.1 Å². The van der Waals surface area contributed by atoms with E-state index in [1.54, 1.807) is 4.90 Å². The minimum Gasteiger partial charge on any atom is -0.368 e. The third-order valence-electron chi connectivity index (χ3n) is 3.86. The zero-order valence-electron chi connectivity index (χ0n) is 10.5. The highest BCUT2D eigenvalue weighted by Crippen LogP contribution is 2.31. The molecular weight excluding hydrogens is 254 g/mol. The molecule has 0 aromatic rings. The maximum Gasteiger partial charge on any atom is 0.294 e. The van der Waals surface area contributed by atoms with Gasteiger partial charge in [0, 0.05) is 12.5 Å². The standard InChI is InChI=1S/C11H17N3O5/c12-11(16)9-5-6-10(15)13(9)7-1-3-8(4-2-7)19-14(17)18/h7-9H,1-6H2,(H2,12,16)/t7-,8-,9-/m0/s1. The molecule has 0 spiro atoms. The van der Waals surface area contributed by atoms with E-state index < -0.39 is 23.1 Å². The number of hydrogen-bond acceptors (Lipinski definition) is 5. The van der Waals surface area contributed by atoms with Crippen LogP contribution >= 0.6 is 0 Å². The predicted octanol–water partition coefficient (Wildman–Crippen LogP) is -0.0178. The van der Waals surface area contributed by atoms with Crippen LogP contribution in [0.2, 0.25) is 0 Å². The molecule has 0 radical (unpaired) electrons. The number of primary amides is 1. The van der Waals surface area contributed by atoms with Crippen molar-refractivity contribution in [3.05, 3.63) is 10.1 Å². The van der Waals surface area contributed by atoms with Crippen LogP contribution in [0.1, 0.15) is 38.5 Å². The van der Waals surface area contributed by atoms with Crippen LogP contribution in [0.4, 0.5) is 0 Å². The molecule has 2 fully saturated rings. The highest BCUT2D eigenvalue weighted by molar-refractivity contribution is 5.90. The Morgan fingerprint density at radius 1 is 1.32 bits per heavy atom. The predicted molar refractivity (Wildman–Crippen MR) is 63.2 cm³/mol. The summed E-state index contributed by atoms with van der Waals surface area (Å²) in [5, 5.41) is 9.48. The van der Waals surface area contributed by atoms with Crippen molar-refractivity contribution in [3.63, 3.8) is 0 Å². The van der Waals surface area contributed by atoms with E-state index in [4.69, 9.17) is 5.73 Å². The quantitative estimate of drug-likeness (QED) is 0.570. The third-order valence-corrected chi connectivity index (χ3v) is 3.86. The first-order chi connectivity index (χ1) is 8.99. The van der Waals surface area contributed by atoms with E-state index >= 15 is 0 Å². The van der Waals surface area contributed by atoms with Crippen molar-refractivity contribution in [2.24, 2.45) is 5.73 Å². The van der Waals surface area contributed by atoms with Gasteiger partial charge in [-0.2, -0.15) is 0 Å². The molecule has 1 saturated carbocycles. The van der Waals surface area contributed by atoms with E-state index in [2.05, 4.69) is 4.84 Å². The molecule has 0 unspecified atom stereocenters. The average Bonchev–Trinajstić information content (AvgIpc) is 2.71. The van der Waals surface area contributed by atoms with Gasteiger partial charge < -0.3 is 15.5 Å². The van der Waals surface area contributed by atoms with Crippen LogP contribution in [-0.4, -0.2) is 40.0 Å². The SMILES string of the molecule is NC(=O)[C@@H]1CCC(=O)N1[C@H]1CC[C@H](O[N+](=O)[O-])CC1. The number of hydrogen-bond donors (Lipinski definition) is 1. The Morgan fingerprint density at radius 3 is 2.47 bits per heavy atom. The Hall–Kier alpha value is -1.86. The van der Waals surface area contributed by atoms with Gasteiger partial charge in [0.15, 0.2) is 0 Å². The summed E-state index contributed by atoms with van der Waals surface area (Å²) in [6, 6.07) is -0.579. The van der Waals surface area contributed by atoms with Crippen molar-refractivity contribution in [1.82, 2.24) is 4.90 Å². The topological polar surface area (TPSA) is 116 Å². The molecule has 0 aromatic carbocycles. The lowest BCUT2D eigenvalue weighted by molar-refractivity contribution is -0.769. The molecule has 1 aliphatic heterocycles. The monoisotopic (exact) mass is 271 g/mol. The lowest BCUT2D eigenvalue weighted by Crippen LogP contribution is -2.49. The van der Waals surface area contributed by atoms with Crippen LogP contribution in [0.25, 0.3) is 0 Å². The molecule has 8 nitrogen and oxygen atoms in total. The van der Waals surface area contributed by atoms with E-state index in [9.17, 15) is 19.7 Å². The first-order valence-electron chi connectivity index (χ1n) is 6.40. The fourth-order valence-corrected chi connectivity index (χ4v) is 2.99. The molecule has 1 saturated heterocycles. The molecule has 1 heterocycles. The maximum atomic E-state index is 11.8. The molecule has 106 valence electrons. The largest absolute Gasteiger partial charge is 0.368 e. The Balaban J connectivity index is 1.94. The van der Waals surface area contributed by atoms with Gasteiger partial charge in [-0.3, -0.25) is 9.59 Å². The fourth-order valence-electron chi connectivity index (χ4n) is 2.99. The number of carbonyl (C=O) groups is 2. The van der Waals surface area contributed by atoms with E-state index in [-0.39, 0.29) is 11.9 Å². The molecule has 8 heteroatoms. The van der Waals surface area contributed by atoms with Crippen molar-refractivity contribution in [2.45, 2.75) is 56.7 Å². The number of likely N-dealkylation sites (tertiary alicyclic amines) is 1. The summed E-state index contributed by atoms with van der Waals surface area (Å²) in [6.07, 6.45) is 2.65. The molecule has 0 aromatic heterocycles. The summed E-state index contributed by atoms with van der Waals surface area (Å²) in [5.41, 5.74) is 5.30. The molecule has 19 heavy (non-hydrogen) atoms. The highest BCUT2D eigenvalue weighted by atomic mass is 17.0. The summed E-state index contributed by atoms with van der Waals surface area (Å²) in [5.74, 6) is -0.531. The fraction of sp³-hybridized carbons (Fsp3) is 0.818. The van der Waals surface area contributed by atoms with Crippen LogP contribution < -0.4 is 5.73 Å². The van der Waals surface area contributed by atoms with Crippen molar-refractivity contribution >= 4 is 11.8 Å². The molecular formula is C11H17N3O5. The molecule has 2 aliphatic rings. The minimum atomic E-state index is -0.780. The Morgan fingerprint density at radius 2 is 1.95 bits per heavy atom. The zero-order valence-corrected chi connectivity index (χ0v) is 10.5. The van der Waals surface area contributed by atoms with Gasteiger partial charge in [0.25, 0.3) is 5.09 Å². The molecule has 1 atom stereocenters. The molecule has 0 bridgehead atoms. The van der Waals surface area contributed by atoms with E-state index in [0.29, 0.717) is 38.5 Å². The third kappa shape index (κ3) is 2.94. The van der Waals surface area contributed by atoms with Crippen LogP contribution in [0.15, 0.2) is 0 Å². The van der Waals surface area contributed by atoms with Crippen molar-refractivity contribution in [1.29, 1.82) is 0 Å². The smallest absolute Gasteiger partial charge is 0.294 e. The van der Waals surface area contributed by atoms with Gasteiger partial charge in [-0.1, -0.05) is 0 Å². The van der Waals surface area contributed by atoms with Gasteiger partial charge in [0.1, 0.15) is 12.1 Å². The molecule has 2 N–H and O–H groups in total.